The summed E-state index contributed by atoms with van der Waals surface area (Å²) in [7, 11) is 8.04. The summed E-state index contributed by atoms with van der Waals surface area (Å²) < 4.78 is 15.2. The number of nitrogens with zero attached hydrogens (tertiary/aromatic N) is 5. The molecular formula is C22H35FN6. The lowest BCUT2D eigenvalue weighted by atomic mass is 10.1. The van der Waals surface area contributed by atoms with Crippen molar-refractivity contribution in [3.05, 3.63) is 53.1 Å². The van der Waals surface area contributed by atoms with Gasteiger partial charge in [0, 0.05) is 38.9 Å². The second kappa shape index (κ2) is 10.4. The number of rotatable bonds is 8. The Hall–Kier alpha value is -2.41. The molecule has 0 aliphatic rings. The van der Waals surface area contributed by atoms with E-state index in [0.29, 0.717) is 12.5 Å². The zero-order chi connectivity index (χ0) is 21.6. The first-order chi connectivity index (χ1) is 13.7. The van der Waals surface area contributed by atoms with Gasteiger partial charge in [0.2, 0.25) is 0 Å². The van der Waals surface area contributed by atoms with Crippen molar-refractivity contribution in [1.82, 2.24) is 24.9 Å². The molecule has 0 aliphatic carbocycles. The first-order valence-electron chi connectivity index (χ1n) is 10.2. The van der Waals surface area contributed by atoms with Crippen molar-refractivity contribution in [2.45, 2.75) is 39.3 Å². The fourth-order valence-corrected chi connectivity index (χ4v) is 3.39. The van der Waals surface area contributed by atoms with Crippen LogP contribution in [0.5, 0.6) is 0 Å². The van der Waals surface area contributed by atoms with Crippen LogP contribution < -0.4 is 5.32 Å². The molecule has 0 radical (unpaired) electrons. The Kier molecular flexibility index (Phi) is 8.20. The number of guanidine groups is 1. The van der Waals surface area contributed by atoms with Gasteiger partial charge in [-0.25, -0.2) is 4.39 Å². The predicted molar refractivity (Wildman–Crippen MR) is 118 cm³/mol. The van der Waals surface area contributed by atoms with E-state index in [-0.39, 0.29) is 11.9 Å². The summed E-state index contributed by atoms with van der Waals surface area (Å²) >= 11 is 0. The Labute approximate surface area is 174 Å². The first-order valence-corrected chi connectivity index (χ1v) is 10.2. The second-order valence-corrected chi connectivity index (χ2v) is 7.95. The van der Waals surface area contributed by atoms with Crippen LogP contribution in [0.1, 0.15) is 49.6 Å². The van der Waals surface area contributed by atoms with Crippen molar-refractivity contribution in [2.24, 2.45) is 12.0 Å². The van der Waals surface area contributed by atoms with Gasteiger partial charge < -0.3 is 15.1 Å². The molecule has 1 unspecified atom stereocenters. The normalized spacial score (nSPS) is 13.2. The molecule has 1 N–H and O–H groups in total. The molecule has 2 rings (SSSR count). The van der Waals surface area contributed by atoms with Crippen molar-refractivity contribution < 1.29 is 4.39 Å². The molecule has 1 aromatic carbocycles. The minimum absolute atomic E-state index is 0.0715. The summed E-state index contributed by atoms with van der Waals surface area (Å²) in [6, 6.07) is 6.74. The van der Waals surface area contributed by atoms with E-state index in [1.54, 1.807) is 0 Å². The van der Waals surface area contributed by atoms with E-state index in [1.165, 1.54) is 17.7 Å². The third-order valence-corrected chi connectivity index (χ3v) is 4.88. The summed E-state index contributed by atoms with van der Waals surface area (Å²) in [6.07, 6.45) is 2.08. The van der Waals surface area contributed by atoms with Crippen LogP contribution in [0.25, 0.3) is 0 Å². The van der Waals surface area contributed by atoms with Crippen molar-refractivity contribution >= 4 is 5.96 Å². The fourth-order valence-electron chi connectivity index (χ4n) is 3.39. The zero-order valence-corrected chi connectivity index (χ0v) is 18.8. The highest BCUT2D eigenvalue weighted by atomic mass is 19.1. The van der Waals surface area contributed by atoms with Crippen LogP contribution in [0.3, 0.4) is 0 Å². The highest BCUT2D eigenvalue weighted by Gasteiger charge is 2.17. The number of hydrogen-bond acceptors (Lipinski definition) is 3. The number of aromatic nitrogens is 2. The van der Waals surface area contributed by atoms with Gasteiger partial charge in [-0.2, -0.15) is 5.10 Å². The second-order valence-electron chi connectivity index (χ2n) is 7.95. The molecule has 1 heterocycles. The van der Waals surface area contributed by atoms with E-state index in [1.807, 2.05) is 45.0 Å². The third-order valence-electron chi connectivity index (χ3n) is 4.88. The Morgan fingerprint density at radius 1 is 1.21 bits per heavy atom. The molecule has 0 saturated carbocycles. The monoisotopic (exact) mass is 402 g/mol. The smallest absolute Gasteiger partial charge is 0.194 e. The molecule has 0 fully saturated rings. The lowest BCUT2D eigenvalue weighted by Crippen LogP contribution is -2.39. The highest BCUT2D eigenvalue weighted by molar-refractivity contribution is 5.79. The Morgan fingerprint density at radius 2 is 1.86 bits per heavy atom. The van der Waals surface area contributed by atoms with E-state index in [0.717, 1.165) is 30.3 Å². The molecular weight excluding hydrogens is 367 g/mol. The van der Waals surface area contributed by atoms with Crippen LogP contribution in [-0.2, 0) is 13.6 Å². The van der Waals surface area contributed by atoms with Crippen LogP contribution >= 0.6 is 0 Å². The quantitative estimate of drug-likeness (QED) is 0.543. The van der Waals surface area contributed by atoms with Gasteiger partial charge in [-0.15, -0.1) is 0 Å². The Balaban J connectivity index is 2.20. The van der Waals surface area contributed by atoms with Crippen LogP contribution in [0.15, 0.2) is 35.5 Å². The van der Waals surface area contributed by atoms with Crippen molar-refractivity contribution in [2.75, 3.05) is 34.2 Å². The molecule has 29 heavy (non-hydrogen) atoms. The van der Waals surface area contributed by atoms with Gasteiger partial charge in [0.1, 0.15) is 5.82 Å². The van der Waals surface area contributed by atoms with E-state index in [9.17, 15) is 4.39 Å². The molecule has 6 nitrogen and oxygen atoms in total. The standard InChI is InChI=1S/C22H35FN6/c1-8-24-22(28(6)14-18-15-29(7)26-21(18)16(2)3)25-13-20(27(4)5)17-9-11-19(23)12-10-17/h9-12,15-16,20H,8,13-14H2,1-7H3,(H,24,25). The van der Waals surface area contributed by atoms with Gasteiger partial charge in [0.15, 0.2) is 5.96 Å². The van der Waals surface area contributed by atoms with Crippen LogP contribution in [-0.4, -0.2) is 59.8 Å². The Bertz CT molecular complexity index is 794. The molecule has 2 aromatic rings. The number of benzene rings is 1. The predicted octanol–water partition coefficient (Wildman–Crippen LogP) is 3.38. The molecule has 0 amide bonds. The summed E-state index contributed by atoms with van der Waals surface area (Å²) in [5, 5.41) is 7.99. The fraction of sp³-hybridized carbons (Fsp3) is 0.545. The minimum Gasteiger partial charge on any atom is -0.357 e. The van der Waals surface area contributed by atoms with Crippen molar-refractivity contribution in [1.29, 1.82) is 0 Å². The molecule has 0 bridgehead atoms. The maximum absolute atomic E-state index is 13.3. The van der Waals surface area contributed by atoms with Crippen LogP contribution in [0.2, 0.25) is 0 Å². The average molecular weight is 403 g/mol. The molecule has 1 aromatic heterocycles. The molecule has 1 atom stereocenters. The SMILES string of the molecule is CCNC(=NCC(c1ccc(F)cc1)N(C)C)N(C)Cc1cn(C)nc1C(C)C. The van der Waals surface area contributed by atoms with Gasteiger partial charge >= 0.3 is 0 Å². The summed E-state index contributed by atoms with van der Waals surface area (Å²) in [5.74, 6) is 0.996. The maximum atomic E-state index is 13.3. The lowest BCUT2D eigenvalue weighted by Gasteiger charge is -2.26. The van der Waals surface area contributed by atoms with E-state index >= 15 is 0 Å². The number of halogens is 1. The van der Waals surface area contributed by atoms with Crippen LogP contribution in [0, 0.1) is 5.82 Å². The minimum atomic E-state index is -0.222. The molecule has 0 aliphatic heterocycles. The van der Waals surface area contributed by atoms with Gasteiger partial charge in [-0.1, -0.05) is 26.0 Å². The number of hydrogen-bond donors (Lipinski definition) is 1. The molecule has 160 valence electrons. The summed E-state index contributed by atoms with van der Waals surface area (Å²) in [6.45, 7) is 8.49. The largest absolute Gasteiger partial charge is 0.357 e. The van der Waals surface area contributed by atoms with Crippen molar-refractivity contribution in [3.8, 4) is 0 Å². The summed E-state index contributed by atoms with van der Waals surface area (Å²) in [4.78, 5) is 9.12. The third kappa shape index (κ3) is 6.29. The average Bonchev–Trinajstić information content (AvgIpc) is 3.02. The number of nitrogens with one attached hydrogen (secondary N) is 1. The van der Waals surface area contributed by atoms with Gasteiger partial charge in [-0.05, 0) is 44.6 Å². The topological polar surface area (TPSA) is 48.7 Å². The van der Waals surface area contributed by atoms with E-state index < -0.39 is 0 Å². The van der Waals surface area contributed by atoms with Gasteiger partial charge in [0.05, 0.1) is 18.3 Å². The van der Waals surface area contributed by atoms with Gasteiger partial charge in [0.25, 0.3) is 0 Å². The lowest BCUT2D eigenvalue weighted by molar-refractivity contribution is 0.305. The number of likely N-dealkylation sites (N-methyl/N-ethyl adjacent to an activating group) is 1. The van der Waals surface area contributed by atoms with E-state index in [2.05, 4.69) is 47.2 Å². The zero-order valence-electron chi connectivity index (χ0n) is 18.8. The molecule has 0 saturated heterocycles. The highest BCUT2D eigenvalue weighted by Crippen LogP contribution is 2.20. The van der Waals surface area contributed by atoms with E-state index in [4.69, 9.17) is 4.99 Å². The molecule has 0 spiro atoms. The Morgan fingerprint density at radius 3 is 2.41 bits per heavy atom. The van der Waals surface area contributed by atoms with Crippen LogP contribution in [0.4, 0.5) is 4.39 Å². The van der Waals surface area contributed by atoms with Gasteiger partial charge in [-0.3, -0.25) is 9.67 Å². The first kappa shape index (κ1) is 22.9. The number of aryl methyl sites for hydroxylation is 1. The molecule has 7 heteroatoms. The maximum Gasteiger partial charge on any atom is 0.194 e. The van der Waals surface area contributed by atoms with Crippen molar-refractivity contribution in [3.63, 3.8) is 0 Å². The number of aliphatic imine (C=N–C) groups is 1. The summed E-state index contributed by atoms with van der Waals surface area (Å²) in [5.41, 5.74) is 3.37.